The van der Waals surface area contributed by atoms with Crippen LogP contribution in [0.3, 0.4) is 0 Å². The number of halogens is 14. The van der Waals surface area contributed by atoms with E-state index in [1.54, 1.807) is 56.4 Å². The number of alkyl halides is 12. The summed E-state index contributed by atoms with van der Waals surface area (Å²) in [5.41, 5.74) is 2.85. The Kier molecular flexibility index (Phi) is 37.0. The fourth-order valence-electron chi connectivity index (χ4n) is 17.6. The third kappa shape index (κ3) is 30.2. The third-order valence-corrected chi connectivity index (χ3v) is 24.8. The number of aryl methyl sites for hydroxylation is 2. The molecule has 0 radical (unpaired) electrons. The van der Waals surface area contributed by atoms with Crippen molar-refractivity contribution in [1.82, 2.24) is 102 Å². The molecule has 5 aliphatic heterocycles. The molecule has 7 N–H and O–H groups in total. The SMILES string of the molecule is C=CO.C[C@H](CN1CC2CCCC2C1)NC(=O)c1ccc(-c2noc(C(F)(F)F)n2)cc1.C[C@H](CN1CCC[C@@H]1C)NC(=O)c1ccc(-c2noc(C(F)(F)F)n2)c(F)c1.C[C@H](C[NH+]1CCC[C@@H]1C)NC(=O)c1ccc(-c2noc(C(F)(F)F)n2)c(F)c1.Cc1cc(C(=O)N[C@H](C)CN2CCC[C@@H]2C)ccc1-c1noc(C(F)(F)F)n1.Cc1nc(-c2ccc(C(=O)N[C@H](C)CN3CCC[C@@H]3C)nc2)no1. The Balaban J connectivity index is 0.000000166. The number of rotatable bonds is 25. The van der Waals surface area contributed by atoms with E-state index in [-0.39, 0.29) is 81.8 Å². The Morgan fingerprint density at radius 3 is 1.16 bits per heavy atom. The maximum absolute atomic E-state index is 14.3. The predicted octanol–water partition coefficient (Wildman–Crippen LogP) is 15.6. The van der Waals surface area contributed by atoms with E-state index in [1.165, 1.54) is 80.2 Å². The highest BCUT2D eigenvalue weighted by molar-refractivity contribution is 5.97. The molecule has 1 aliphatic carbocycles. The molecular weight excluding hydrogens is 1870 g/mol. The molecular formula is C94H114F14N21O11+. The second-order valence-electron chi connectivity index (χ2n) is 36.1. The monoisotopic (exact) mass is 1980 g/mol. The summed E-state index contributed by atoms with van der Waals surface area (Å²) in [5, 5.41) is 38.8. The maximum Gasteiger partial charge on any atom is 0.471 e. The van der Waals surface area contributed by atoms with Crippen LogP contribution in [-0.2, 0) is 24.7 Å². The number of pyridine rings is 1. The average molecular weight is 1980 g/mol. The fourth-order valence-corrected chi connectivity index (χ4v) is 17.6. The predicted molar refractivity (Wildman–Crippen MR) is 481 cm³/mol. The molecule has 6 fully saturated rings. The van der Waals surface area contributed by atoms with Gasteiger partial charge in [-0.1, -0.05) is 57.0 Å². The molecule has 11 heterocycles. The van der Waals surface area contributed by atoms with Crippen LogP contribution < -0.4 is 31.5 Å². The Morgan fingerprint density at radius 2 is 0.793 bits per heavy atom. The van der Waals surface area contributed by atoms with Gasteiger partial charge in [0.2, 0.25) is 35.0 Å². The van der Waals surface area contributed by atoms with Crippen molar-refractivity contribution >= 4 is 29.5 Å². The quantitative estimate of drug-likeness (QED) is 0.0206. The van der Waals surface area contributed by atoms with Crippen molar-refractivity contribution in [1.29, 1.82) is 0 Å². The Bertz CT molecular complexity index is 5430. The van der Waals surface area contributed by atoms with Crippen molar-refractivity contribution in [3.8, 4) is 56.9 Å². The highest BCUT2D eigenvalue weighted by atomic mass is 19.4. The number of amides is 5. The maximum atomic E-state index is 14.3. The van der Waals surface area contributed by atoms with E-state index in [0.717, 1.165) is 139 Å². The van der Waals surface area contributed by atoms with Gasteiger partial charge in [0.1, 0.15) is 17.3 Å². The van der Waals surface area contributed by atoms with Gasteiger partial charge in [-0.25, -0.2) is 8.78 Å². The Morgan fingerprint density at radius 1 is 0.436 bits per heavy atom. The van der Waals surface area contributed by atoms with Crippen molar-refractivity contribution < 1.29 is 118 Å². The molecule has 1 saturated carbocycles. The first-order chi connectivity index (χ1) is 66.2. The number of fused-ring (bicyclic) bond motifs is 1. The minimum absolute atomic E-state index is 0.00699. The summed E-state index contributed by atoms with van der Waals surface area (Å²) in [5.74, 6) is -8.04. The first-order valence-corrected chi connectivity index (χ1v) is 46.0. The number of likely N-dealkylation sites (tertiary alicyclic amines) is 5. The summed E-state index contributed by atoms with van der Waals surface area (Å²) in [6, 6.07) is 23.1. The minimum Gasteiger partial charge on any atom is -0.516 e. The lowest BCUT2D eigenvalue weighted by molar-refractivity contribution is -0.911. The third-order valence-electron chi connectivity index (χ3n) is 24.8. The molecule has 0 bridgehead atoms. The molecule has 4 aromatic carbocycles. The van der Waals surface area contributed by atoms with Crippen molar-refractivity contribution in [2.24, 2.45) is 11.8 Å². The summed E-state index contributed by atoms with van der Waals surface area (Å²) in [6.45, 7) is 35.2. The van der Waals surface area contributed by atoms with E-state index in [0.29, 0.717) is 75.9 Å². The van der Waals surface area contributed by atoms with E-state index in [2.05, 4.69) is 154 Å². The van der Waals surface area contributed by atoms with Crippen LogP contribution in [0, 0.1) is 37.3 Å². The lowest BCUT2D eigenvalue weighted by atomic mass is 10.0. The number of quaternary nitrogens is 1. The normalized spacial score (nSPS) is 20.0. The van der Waals surface area contributed by atoms with Crippen molar-refractivity contribution in [3.05, 3.63) is 185 Å². The zero-order chi connectivity index (χ0) is 102. The largest absolute Gasteiger partial charge is 0.516 e. The number of nitrogens with one attached hydrogen (secondary N) is 6. The molecule has 5 amide bonds. The highest BCUT2D eigenvalue weighted by Crippen LogP contribution is 2.39. The molecule has 0 spiro atoms. The Labute approximate surface area is 797 Å². The van der Waals surface area contributed by atoms with Gasteiger partial charge in [0.15, 0.2) is 0 Å². The van der Waals surface area contributed by atoms with Gasteiger partial charge in [-0.3, -0.25) is 43.7 Å². The molecule has 32 nitrogen and oxygen atoms in total. The van der Waals surface area contributed by atoms with Crippen LogP contribution in [0.5, 0.6) is 0 Å². The van der Waals surface area contributed by atoms with Crippen LogP contribution in [0.15, 0.2) is 133 Å². The van der Waals surface area contributed by atoms with E-state index >= 15 is 0 Å². The first kappa shape index (κ1) is 108. The number of carbonyl (C=O) groups is 5. The van der Waals surface area contributed by atoms with E-state index < -0.39 is 83.4 Å². The van der Waals surface area contributed by atoms with Crippen LogP contribution in [-0.4, -0.2) is 236 Å². The smallest absolute Gasteiger partial charge is 0.471 e. The van der Waals surface area contributed by atoms with Crippen LogP contribution in [0.25, 0.3) is 56.9 Å². The Hall–Kier alpha value is -12.6. The molecule has 5 saturated heterocycles. The zero-order valence-electron chi connectivity index (χ0n) is 79.0. The lowest BCUT2D eigenvalue weighted by Crippen LogP contribution is -3.14. The summed E-state index contributed by atoms with van der Waals surface area (Å²) >= 11 is 0. The van der Waals surface area contributed by atoms with E-state index in [4.69, 9.17) is 9.63 Å². The molecule has 46 heteroatoms. The number of hydrogen-bond donors (Lipinski definition) is 7. The molecule has 12 atom stereocenters. The summed E-state index contributed by atoms with van der Waals surface area (Å²) in [6.07, 6.45) is -3.29. The highest BCUT2D eigenvalue weighted by Gasteiger charge is 2.44. The van der Waals surface area contributed by atoms with Gasteiger partial charge in [-0.2, -0.15) is 77.6 Å². The summed E-state index contributed by atoms with van der Waals surface area (Å²) in [4.78, 5) is 94.3. The standard InChI is InChI=1S/C20H23F3N4O2.C19H23F3N4O2.2C18H20F4N4O2.C17H23N5O2.C2H4O/c1-12(9-27-10-15-3-2-4-16(15)11-27)24-18(28)14-7-5-13(6-8-14)17-25-19(29-26-17)20(21,22)23;1-11-9-14(17(27)23-12(2)10-26-8-4-5-13(26)3)6-7-15(11)16-24-18(28-25-16)19(20,21)22;2*1-10(9-26-7-3-4-11(26)2)23-16(27)12-5-6-13(14(19)8-12)15-24-17(28-25-15)18(20,21)22;1-11(10-22-8-4-5-12(22)2)19-17(23)15-7-6-14(9-18-15)16-20-13(3)24-21-16;1-2-3/h5-8,12,15-16H,2-4,9-11H2,1H3,(H,24,28);6-7,9,12-13H,4-5,8,10H2,1-3H3,(H,23,27);2*5-6,8,10-11H,3-4,7,9H2,1-2H3,(H,23,27);6-7,9,11-12H,4-5,8,10H2,1-3H3,(H,19,23);2-3H,1H2/p+1/t12-,15?,16?;12-,13+;2*10-,11+;11-,12+;/m11111./s1. The number of aliphatic hydroxyl groups is 1. The lowest BCUT2D eigenvalue weighted by Gasteiger charge is -2.25. The van der Waals surface area contributed by atoms with Crippen LogP contribution in [0.4, 0.5) is 61.5 Å². The van der Waals surface area contributed by atoms with Gasteiger partial charge >= 0.3 is 48.3 Å². The van der Waals surface area contributed by atoms with Crippen molar-refractivity contribution in [2.45, 2.75) is 226 Å². The number of carbonyl (C=O) groups excluding carboxylic acids is 5. The molecule has 758 valence electrons. The van der Waals surface area contributed by atoms with Gasteiger partial charge < -0.3 is 64.1 Å². The molecule has 10 aromatic rings. The summed E-state index contributed by atoms with van der Waals surface area (Å²) < 4.78 is 201. The van der Waals surface area contributed by atoms with Crippen LogP contribution >= 0.6 is 0 Å². The van der Waals surface area contributed by atoms with Gasteiger partial charge in [-0.05, 0) is 230 Å². The average Bonchev–Trinajstić information content (AvgIpc) is 1.85. The number of nitrogens with zero attached hydrogens (tertiary/aromatic N) is 15. The topological polar surface area (TPSA) is 391 Å². The van der Waals surface area contributed by atoms with E-state index in [1.807, 2.05) is 34.6 Å². The van der Waals surface area contributed by atoms with Crippen LogP contribution in [0.1, 0.15) is 220 Å². The minimum atomic E-state index is -4.81. The number of hydrogen-bond acceptors (Lipinski definition) is 26. The van der Waals surface area contributed by atoms with Gasteiger partial charge in [0, 0.05) is 146 Å². The zero-order valence-corrected chi connectivity index (χ0v) is 79.0. The van der Waals surface area contributed by atoms with Crippen LogP contribution in [0.2, 0.25) is 0 Å². The van der Waals surface area contributed by atoms with Gasteiger partial charge in [-0.15, -0.1) is 0 Å². The van der Waals surface area contributed by atoms with E-state index in [9.17, 15) is 85.4 Å². The molecule has 3 unspecified atom stereocenters. The molecule has 6 aliphatic rings. The number of benzene rings is 4. The molecule has 16 rings (SSSR count). The van der Waals surface area contributed by atoms with Crippen molar-refractivity contribution in [3.63, 3.8) is 0 Å². The second kappa shape index (κ2) is 48.1. The number of aromatic nitrogens is 11. The molecule has 6 aromatic heterocycles. The summed E-state index contributed by atoms with van der Waals surface area (Å²) in [7, 11) is 0. The number of aliphatic hydroxyl groups excluding tert-OH is 1. The van der Waals surface area contributed by atoms with Gasteiger partial charge in [0.05, 0.1) is 42.6 Å². The second-order valence-corrected chi connectivity index (χ2v) is 36.1. The fraction of sp³-hybridized carbons (Fsp3) is 0.511. The van der Waals surface area contributed by atoms with Crippen molar-refractivity contribution in [2.75, 3.05) is 72.0 Å². The molecule has 140 heavy (non-hydrogen) atoms. The van der Waals surface area contributed by atoms with Gasteiger partial charge in [0.25, 0.3) is 29.5 Å². The first-order valence-electron chi connectivity index (χ1n) is 46.0.